The van der Waals surface area contributed by atoms with Gasteiger partial charge in [-0.2, -0.15) is 0 Å². The minimum atomic E-state index is -0.754. The Morgan fingerprint density at radius 2 is 2.05 bits per heavy atom. The van der Waals surface area contributed by atoms with E-state index in [1.54, 1.807) is 19.1 Å². The molecule has 0 aliphatic rings. The standard InChI is InChI=1S/C13H10ClF2NOS/c1-7(11-4-5-12(14)19-11)17-13(18)9-6-8(15)2-3-10(9)16/h2-7H,1H3,(H,17,18)/t7-/m1/s1. The first-order chi connectivity index (χ1) is 8.97. The third kappa shape index (κ3) is 3.30. The number of hydrogen-bond donors (Lipinski definition) is 1. The second-order valence-corrected chi connectivity index (χ2v) is 5.71. The number of halogens is 3. The summed E-state index contributed by atoms with van der Waals surface area (Å²) >= 11 is 7.12. The average Bonchev–Trinajstić information content (AvgIpc) is 2.79. The Morgan fingerprint density at radius 1 is 1.32 bits per heavy atom. The largest absolute Gasteiger partial charge is 0.345 e. The van der Waals surface area contributed by atoms with Gasteiger partial charge in [0.15, 0.2) is 0 Å². The maximum absolute atomic E-state index is 13.4. The third-order valence-electron chi connectivity index (χ3n) is 2.54. The molecule has 6 heteroatoms. The molecule has 0 fully saturated rings. The molecule has 1 aromatic carbocycles. The lowest BCUT2D eigenvalue weighted by Crippen LogP contribution is -2.27. The Hall–Kier alpha value is -1.46. The molecule has 0 radical (unpaired) electrons. The van der Waals surface area contributed by atoms with Gasteiger partial charge in [0.25, 0.3) is 5.91 Å². The number of rotatable bonds is 3. The van der Waals surface area contributed by atoms with E-state index in [4.69, 9.17) is 11.6 Å². The van der Waals surface area contributed by atoms with Gasteiger partial charge in [0, 0.05) is 4.88 Å². The number of amides is 1. The van der Waals surface area contributed by atoms with Crippen LogP contribution in [0.3, 0.4) is 0 Å². The lowest BCUT2D eigenvalue weighted by atomic mass is 10.1. The Bertz CT molecular complexity index is 614. The van der Waals surface area contributed by atoms with Gasteiger partial charge >= 0.3 is 0 Å². The first-order valence-electron chi connectivity index (χ1n) is 5.48. The van der Waals surface area contributed by atoms with Gasteiger partial charge in [0.1, 0.15) is 11.6 Å². The summed E-state index contributed by atoms with van der Waals surface area (Å²) in [5.74, 6) is -2.07. The van der Waals surface area contributed by atoms with Crippen LogP contribution in [0.4, 0.5) is 8.78 Å². The van der Waals surface area contributed by atoms with Crippen molar-refractivity contribution in [2.24, 2.45) is 0 Å². The summed E-state index contributed by atoms with van der Waals surface area (Å²) in [6.45, 7) is 1.75. The van der Waals surface area contributed by atoms with E-state index in [0.717, 1.165) is 23.1 Å². The van der Waals surface area contributed by atoms with E-state index in [9.17, 15) is 13.6 Å². The zero-order valence-electron chi connectivity index (χ0n) is 9.91. The highest BCUT2D eigenvalue weighted by atomic mass is 35.5. The van der Waals surface area contributed by atoms with Gasteiger partial charge in [0.05, 0.1) is 15.9 Å². The molecule has 1 N–H and O–H groups in total. The molecule has 0 aliphatic heterocycles. The van der Waals surface area contributed by atoms with Crippen LogP contribution in [0.25, 0.3) is 0 Å². The SMILES string of the molecule is C[C@@H](NC(=O)c1cc(F)ccc1F)c1ccc(Cl)s1. The minimum Gasteiger partial charge on any atom is -0.345 e. The Balaban J connectivity index is 2.15. The van der Waals surface area contributed by atoms with E-state index < -0.39 is 17.5 Å². The van der Waals surface area contributed by atoms with E-state index in [1.807, 2.05) is 0 Å². The Kier molecular flexibility index (Phi) is 4.17. The van der Waals surface area contributed by atoms with Crippen molar-refractivity contribution in [1.29, 1.82) is 0 Å². The van der Waals surface area contributed by atoms with Gasteiger partial charge in [-0.15, -0.1) is 11.3 Å². The zero-order chi connectivity index (χ0) is 14.0. The monoisotopic (exact) mass is 301 g/mol. The van der Waals surface area contributed by atoms with Crippen molar-refractivity contribution in [1.82, 2.24) is 5.32 Å². The molecule has 100 valence electrons. The molecule has 1 atom stereocenters. The normalized spacial score (nSPS) is 12.2. The predicted octanol–water partition coefficient (Wildman–Crippen LogP) is 4.17. The predicted molar refractivity (Wildman–Crippen MR) is 71.6 cm³/mol. The number of carbonyl (C=O) groups is 1. The maximum atomic E-state index is 13.4. The molecule has 19 heavy (non-hydrogen) atoms. The number of carbonyl (C=O) groups excluding carboxylic acids is 1. The molecule has 1 amide bonds. The summed E-state index contributed by atoms with van der Waals surface area (Å²) < 4.78 is 27.0. The molecule has 1 aromatic heterocycles. The van der Waals surface area contributed by atoms with Crippen LogP contribution >= 0.6 is 22.9 Å². The Labute approximate surface area is 118 Å². The van der Waals surface area contributed by atoms with Crippen molar-refractivity contribution in [3.05, 3.63) is 56.7 Å². The van der Waals surface area contributed by atoms with E-state index in [-0.39, 0.29) is 11.6 Å². The molecule has 2 aromatic rings. The van der Waals surface area contributed by atoms with Crippen LogP contribution in [0.5, 0.6) is 0 Å². The van der Waals surface area contributed by atoms with Crippen LogP contribution in [-0.4, -0.2) is 5.91 Å². The molecule has 2 rings (SSSR count). The number of thiophene rings is 1. The maximum Gasteiger partial charge on any atom is 0.254 e. The van der Waals surface area contributed by atoms with Crippen molar-refractivity contribution < 1.29 is 13.6 Å². The average molecular weight is 302 g/mol. The van der Waals surface area contributed by atoms with Crippen LogP contribution in [-0.2, 0) is 0 Å². The number of hydrogen-bond acceptors (Lipinski definition) is 2. The van der Waals surface area contributed by atoms with Crippen molar-refractivity contribution in [3.8, 4) is 0 Å². The fourth-order valence-corrected chi connectivity index (χ4v) is 2.64. The lowest BCUT2D eigenvalue weighted by molar-refractivity contribution is 0.0936. The summed E-state index contributed by atoms with van der Waals surface area (Å²) in [5.41, 5.74) is -0.311. The third-order valence-corrected chi connectivity index (χ3v) is 3.96. The van der Waals surface area contributed by atoms with Gasteiger partial charge < -0.3 is 5.32 Å². The molecule has 2 nitrogen and oxygen atoms in total. The molecule has 0 aliphatic carbocycles. The van der Waals surface area contributed by atoms with Crippen molar-refractivity contribution in [2.75, 3.05) is 0 Å². The molecular weight excluding hydrogens is 292 g/mol. The molecule has 0 saturated heterocycles. The van der Waals surface area contributed by atoms with Crippen molar-refractivity contribution >= 4 is 28.8 Å². The molecule has 1 heterocycles. The van der Waals surface area contributed by atoms with Gasteiger partial charge in [0.2, 0.25) is 0 Å². The molecule has 0 spiro atoms. The van der Waals surface area contributed by atoms with Crippen LogP contribution in [0.1, 0.15) is 28.2 Å². The van der Waals surface area contributed by atoms with Crippen LogP contribution in [0.15, 0.2) is 30.3 Å². The number of nitrogens with one attached hydrogen (secondary N) is 1. The zero-order valence-corrected chi connectivity index (χ0v) is 11.5. The van der Waals surface area contributed by atoms with Crippen molar-refractivity contribution in [2.45, 2.75) is 13.0 Å². The molecule has 0 unspecified atom stereocenters. The highest BCUT2D eigenvalue weighted by molar-refractivity contribution is 7.16. The minimum absolute atomic E-state index is 0.311. The summed E-state index contributed by atoms with van der Waals surface area (Å²) in [7, 11) is 0. The molecule has 0 bridgehead atoms. The van der Waals surface area contributed by atoms with Crippen molar-refractivity contribution in [3.63, 3.8) is 0 Å². The van der Waals surface area contributed by atoms with Gasteiger partial charge in [-0.1, -0.05) is 11.6 Å². The van der Waals surface area contributed by atoms with Crippen LogP contribution in [0, 0.1) is 11.6 Å². The summed E-state index contributed by atoms with van der Waals surface area (Å²) in [6, 6.07) is 5.93. The second kappa shape index (κ2) is 5.67. The first kappa shape index (κ1) is 14.0. The summed E-state index contributed by atoms with van der Waals surface area (Å²) in [5, 5.41) is 2.60. The van der Waals surface area contributed by atoms with Crippen LogP contribution in [0.2, 0.25) is 4.34 Å². The summed E-state index contributed by atoms with van der Waals surface area (Å²) in [6.07, 6.45) is 0. The highest BCUT2D eigenvalue weighted by Crippen LogP contribution is 2.26. The lowest BCUT2D eigenvalue weighted by Gasteiger charge is -2.12. The topological polar surface area (TPSA) is 29.1 Å². The fourth-order valence-electron chi connectivity index (χ4n) is 1.58. The van der Waals surface area contributed by atoms with E-state index in [1.165, 1.54) is 11.3 Å². The van der Waals surface area contributed by atoms with Gasteiger partial charge in [-0.05, 0) is 37.3 Å². The summed E-state index contributed by atoms with van der Waals surface area (Å²) in [4.78, 5) is 12.7. The first-order valence-corrected chi connectivity index (χ1v) is 6.68. The van der Waals surface area contributed by atoms with E-state index in [2.05, 4.69) is 5.32 Å². The van der Waals surface area contributed by atoms with E-state index in [0.29, 0.717) is 4.34 Å². The highest BCUT2D eigenvalue weighted by Gasteiger charge is 2.16. The van der Waals surface area contributed by atoms with Crippen LogP contribution < -0.4 is 5.32 Å². The van der Waals surface area contributed by atoms with Gasteiger partial charge in [-0.25, -0.2) is 8.78 Å². The fraction of sp³-hybridized carbons (Fsp3) is 0.154. The smallest absolute Gasteiger partial charge is 0.254 e. The number of benzene rings is 1. The van der Waals surface area contributed by atoms with Gasteiger partial charge in [-0.3, -0.25) is 4.79 Å². The molecular formula is C13H10ClF2NOS. The molecule has 0 saturated carbocycles. The quantitative estimate of drug-likeness (QED) is 0.905. The second-order valence-electron chi connectivity index (χ2n) is 3.96. The van der Waals surface area contributed by atoms with E-state index >= 15 is 0 Å². The Morgan fingerprint density at radius 3 is 2.68 bits per heavy atom.